The van der Waals surface area contributed by atoms with Crippen molar-refractivity contribution in [1.29, 1.82) is 0 Å². The molecule has 5 nitrogen and oxygen atoms in total. The summed E-state index contributed by atoms with van der Waals surface area (Å²) in [6.45, 7) is 5.29. The van der Waals surface area contributed by atoms with Gasteiger partial charge in [-0.25, -0.2) is 0 Å². The van der Waals surface area contributed by atoms with E-state index in [0.29, 0.717) is 6.42 Å². The molecule has 2 amide bonds. The normalized spacial score (nSPS) is 29.1. The van der Waals surface area contributed by atoms with Gasteiger partial charge in [0, 0.05) is 13.6 Å². The summed E-state index contributed by atoms with van der Waals surface area (Å²) >= 11 is 0. The van der Waals surface area contributed by atoms with Gasteiger partial charge in [-0.15, -0.1) is 0 Å². The Bertz CT molecular complexity index is 348. The van der Waals surface area contributed by atoms with Crippen LogP contribution < -0.4 is 5.32 Å². The molecule has 18 heavy (non-hydrogen) atoms. The fourth-order valence-corrected chi connectivity index (χ4v) is 2.62. The van der Waals surface area contributed by atoms with Crippen molar-refractivity contribution in [2.24, 2.45) is 5.41 Å². The van der Waals surface area contributed by atoms with Crippen LogP contribution in [0.25, 0.3) is 0 Å². The summed E-state index contributed by atoms with van der Waals surface area (Å²) in [5.41, 5.74) is 0.247. The Hall–Kier alpha value is -0.940. The predicted molar refractivity (Wildman–Crippen MR) is 69.0 cm³/mol. The molecule has 0 aromatic rings. The average Bonchev–Trinajstić information content (AvgIpc) is 2.59. The van der Waals surface area contributed by atoms with Gasteiger partial charge in [-0.1, -0.05) is 6.92 Å². The SMILES string of the molecule is CN1CCC(C)(CNC2CC(=O)N(C)C2=O)CC1. The van der Waals surface area contributed by atoms with E-state index < -0.39 is 0 Å². The van der Waals surface area contributed by atoms with Gasteiger partial charge in [-0.3, -0.25) is 14.5 Å². The second-order valence-corrected chi connectivity index (χ2v) is 6.04. The van der Waals surface area contributed by atoms with Crippen molar-refractivity contribution in [3.05, 3.63) is 0 Å². The summed E-state index contributed by atoms with van der Waals surface area (Å²) in [6, 6.07) is -0.306. The summed E-state index contributed by atoms with van der Waals surface area (Å²) in [6.07, 6.45) is 2.59. The van der Waals surface area contributed by atoms with Gasteiger partial charge >= 0.3 is 0 Å². The Morgan fingerprint density at radius 3 is 2.39 bits per heavy atom. The van der Waals surface area contributed by atoms with Gasteiger partial charge in [-0.2, -0.15) is 0 Å². The minimum Gasteiger partial charge on any atom is -0.306 e. The quantitative estimate of drug-likeness (QED) is 0.723. The van der Waals surface area contributed by atoms with Crippen molar-refractivity contribution in [2.45, 2.75) is 32.2 Å². The summed E-state index contributed by atoms with van der Waals surface area (Å²) in [7, 11) is 3.70. The number of carbonyl (C=O) groups is 2. The highest BCUT2D eigenvalue weighted by molar-refractivity contribution is 6.05. The van der Waals surface area contributed by atoms with E-state index in [2.05, 4.69) is 24.2 Å². The molecule has 0 aromatic heterocycles. The molecule has 0 bridgehead atoms. The number of piperidine rings is 1. The fraction of sp³-hybridized carbons (Fsp3) is 0.846. The van der Waals surface area contributed by atoms with Crippen molar-refractivity contribution in [1.82, 2.24) is 15.1 Å². The molecule has 102 valence electrons. The first-order valence-corrected chi connectivity index (χ1v) is 6.64. The number of hydrogen-bond acceptors (Lipinski definition) is 4. The maximum absolute atomic E-state index is 11.8. The molecule has 2 saturated heterocycles. The number of carbonyl (C=O) groups excluding carboxylic acids is 2. The lowest BCUT2D eigenvalue weighted by Gasteiger charge is -2.38. The van der Waals surface area contributed by atoms with Crippen LogP contribution in [0.5, 0.6) is 0 Å². The van der Waals surface area contributed by atoms with Crippen molar-refractivity contribution < 1.29 is 9.59 Å². The van der Waals surface area contributed by atoms with E-state index in [9.17, 15) is 9.59 Å². The Balaban J connectivity index is 1.85. The summed E-state index contributed by atoms with van der Waals surface area (Å²) in [5, 5.41) is 3.29. The maximum atomic E-state index is 11.8. The predicted octanol–water partition coefficient (Wildman–Crippen LogP) is 0.0652. The molecule has 0 saturated carbocycles. The van der Waals surface area contributed by atoms with Gasteiger partial charge < -0.3 is 10.2 Å². The topological polar surface area (TPSA) is 52.7 Å². The van der Waals surface area contributed by atoms with Crippen LogP contribution in [0.2, 0.25) is 0 Å². The number of amides is 2. The summed E-state index contributed by atoms with van der Waals surface area (Å²) in [4.78, 5) is 26.8. The van der Waals surface area contributed by atoms with Crippen molar-refractivity contribution >= 4 is 11.8 Å². The van der Waals surface area contributed by atoms with Crippen LogP contribution in [0.15, 0.2) is 0 Å². The molecule has 2 fully saturated rings. The zero-order valence-electron chi connectivity index (χ0n) is 11.5. The van der Waals surface area contributed by atoms with Gasteiger partial charge in [0.15, 0.2) is 0 Å². The van der Waals surface area contributed by atoms with E-state index in [4.69, 9.17) is 0 Å². The van der Waals surface area contributed by atoms with Crippen LogP contribution in [0, 0.1) is 5.41 Å². The first-order valence-electron chi connectivity index (χ1n) is 6.64. The van der Waals surface area contributed by atoms with E-state index in [1.807, 2.05) is 0 Å². The Morgan fingerprint density at radius 2 is 1.89 bits per heavy atom. The van der Waals surface area contributed by atoms with Gasteiger partial charge in [-0.05, 0) is 38.4 Å². The molecule has 2 aliphatic heterocycles. The molecular weight excluding hydrogens is 230 g/mol. The van der Waals surface area contributed by atoms with E-state index in [1.165, 1.54) is 4.90 Å². The monoisotopic (exact) mass is 253 g/mol. The lowest BCUT2D eigenvalue weighted by molar-refractivity contribution is -0.137. The van der Waals surface area contributed by atoms with Crippen LogP contribution in [-0.2, 0) is 9.59 Å². The third-order valence-corrected chi connectivity index (χ3v) is 4.35. The van der Waals surface area contributed by atoms with Crippen molar-refractivity contribution in [2.75, 3.05) is 33.7 Å². The second-order valence-electron chi connectivity index (χ2n) is 6.04. The van der Waals surface area contributed by atoms with Crippen LogP contribution in [0.3, 0.4) is 0 Å². The molecule has 1 unspecified atom stereocenters. The first-order chi connectivity index (χ1) is 8.41. The zero-order valence-corrected chi connectivity index (χ0v) is 11.5. The van der Waals surface area contributed by atoms with Gasteiger partial charge in [0.1, 0.15) is 0 Å². The molecule has 0 aliphatic carbocycles. The number of imide groups is 1. The van der Waals surface area contributed by atoms with Crippen LogP contribution in [0.4, 0.5) is 0 Å². The van der Waals surface area contributed by atoms with E-state index in [1.54, 1.807) is 7.05 Å². The number of nitrogens with zero attached hydrogens (tertiary/aromatic N) is 2. The lowest BCUT2D eigenvalue weighted by Crippen LogP contribution is -2.46. The summed E-state index contributed by atoms with van der Waals surface area (Å²) < 4.78 is 0. The highest BCUT2D eigenvalue weighted by Crippen LogP contribution is 2.29. The number of likely N-dealkylation sites (tertiary alicyclic amines) is 2. The third kappa shape index (κ3) is 2.72. The van der Waals surface area contributed by atoms with Crippen LogP contribution in [0.1, 0.15) is 26.2 Å². The fourth-order valence-electron chi connectivity index (χ4n) is 2.62. The van der Waals surface area contributed by atoms with Crippen molar-refractivity contribution in [3.63, 3.8) is 0 Å². The molecule has 0 aromatic carbocycles. The Labute approximate surface area is 108 Å². The molecule has 1 atom stereocenters. The average molecular weight is 253 g/mol. The highest BCUT2D eigenvalue weighted by Gasteiger charge is 2.37. The smallest absolute Gasteiger partial charge is 0.246 e. The minimum absolute atomic E-state index is 0.0777. The number of nitrogens with one attached hydrogen (secondary N) is 1. The standard InChI is InChI=1S/C13H23N3O2/c1-13(4-6-15(2)7-5-13)9-14-10-8-11(17)16(3)12(10)18/h10,14H,4-9H2,1-3H3. The van der Waals surface area contributed by atoms with Gasteiger partial charge in [0.05, 0.1) is 12.5 Å². The molecule has 2 rings (SSSR count). The number of hydrogen-bond donors (Lipinski definition) is 1. The zero-order chi connectivity index (χ0) is 13.3. The summed E-state index contributed by atoms with van der Waals surface area (Å²) in [5.74, 6) is -0.164. The van der Waals surface area contributed by atoms with Crippen molar-refractivity contribution in [3.8, 4) is 0 Å². The number of rotatable bonds is 3. The Morgan fingerprint density at radius 1 is 1.28 bits per heavy atom. The molecule has 0 radical (unpaired) electrons. The molecular formula is C13H23N3O2. The molecule has 2 aliphatic rings. The van der Waals surface area contributed by atoms with E-state index >= 15 is 0 Å². The lowest BCUT2D eigenvalue weighted by atomic mass is 9.80. The minimum atomic E-state index is -0.306. The van der Waals surface area contributed by atoms with Gasteiger partial charge in [0.2, 0.25) is 11.8 Å². The van der Waals surface area contributed by atoms with Crippen LogP contribution >= 0.6 is 0 Å². The largest absolute Gasteiger partial charge is 0.306 e. The third-order valence-electron chi connectivity index (χ3n) is 4.35. The van der Waals surface area contributed by atoms with E-state index in [0.717, 1.165) is 32.5 Å². The van der Waals surface area contributed by atoms with E-state index in [-0.39, 0.29) is 23.3 Å². The van der Waals surface area contributed by atoms with Crippen LogP contribution in [-0.4, -0.2) is 61.4 Å². The second kappa shape index (κ2) is 4.97. The highest BCUT2D eigenvalue weighted by atomic mass is 16.2. The maximum Gasteiger partial charge on any atom is 0.246 e. The molecule has 2 heterocycles. The molecule has 5 heteroatoms. The number of likely N-dealkylation sites (N-methyl/N-ethyl adjacent to an activating group) is 1. The Kier molecular flexibility index (Phi) is 3.73. The first kappa shape index (κ1) is 13.5. The molecule has 0 spiro atoms. The molecule has 1 N–H and O–H groups in total. The van der Waals surface area contributed by atoms with Gasteiger partial charge in [0.25, 0.3) is 0 Å².